The second-order valence-electron chi connectivity index (χ2n) is 1.95. The van der Waals surface area contributed by atoms with Crippen LogP contribution in [0.2, 0.25) is 0 Å². The first-order valence-corrected chi connectivity index (χ1v) is 2.82. The lowest BCUT2D eigenvalue weighted by atomic mass is 10.6. The fourth-order valence-electron chi connectivity index (χ4n) is 0.618. The predicted octanol–water partition coefficient (Wildman–Crippen LogP) is 1.20. The lowest BCUT2D eigenvalue weighted by Gasteiger charge is -2.06. The normalized spacial score (nSPS) is 13.8. The summed E-state index contributed by atoms with van der Waals surface area (Å²) in [6, 6.07) is 0. The molecule has 0 amide bonds. The number of aromatic nitrogens is 2. The maximum absolute atomic E-state index is 12.4. The fraction of sp³-hybridized carbons (Fsp3) is 0.400. The van der Waals surface area contributed by atoms with E-state index in [1.165, 1.54) is 0 Å². The van der Waals surface area contributed by atoms with Crippen LogP contribution in [0.4, 0.5) is 19.0 Å². The Morgan fingerprint density at radius 2 is 2.09 bits per heavy atom. The molecule has 1 unspecified atom stereocenters. The molecule has 0 aliphatic carbocycles. The minimum absolute atomic E-state index is 0.0216. The predicted molar refractivity (Wildman–Crippen MR) is 32.8 cm³/mol. The zero-order valence-electron chi connectivity index (χ0n) is 5.42. The van der Waals surface area contributed by atoms with Crippen LogP contribution in [0.3, 0.4) is 0 Å². The van der Waals surface area contributed by atoms with Crippen molar-refractivity contribution in [3.05, 3.63) is 12.5 Å². The van der Waals surface area contributed by atoms with Crippen molar-refractivity contribution in [2.24, 2.45) is 0 Å². The Balaban J connectivity index is 2.76. The highest BCUT2D eigenvalue weighted by Gasteiger charge is 2.20. The van der Waals surface area contributed by atoms with Crippen molar-refractivity contribution in [3.63, 3.8) is 0 Å². The maximum atomic E-state index is 12.4. The maximum Gasteiger partial charge on any atom is 0.288 e. The van der Waals surface area contributed by atoms with Crippen molar-refractivity contribution in [2.45, 2.75) is 12.7 Å². The third-order valence-electron chi connectivity index (χ3n) is 1.11. The van der Waals surface area contributed by atoms with Gasteiger partial charge in [0.2, 0.25) is 6.30 Å². The van der Waals surface area contributed by atoms with E-state index in [0.29, 0.717) is 4.57 Å². The van der Waals surface area contributed by atoms with Crippen LogP contribution in [-0.4, -0.2) is 16.0 Å². The molecule has 1 aromatic rings. The molecule has 0 fully saturated rings. The number of anilines is 1. The zero-order valence-corrected chi connectivity index (χ0v) is 5.42. The van der Waals surface area contributed by atoms with Crippen LogP contribution in [0.15, 0.2) is 12.5 Å². The molecule has 0 spiro atoms. The number of halogens is 3. The van der Waals surface area contributed by atoms with Crippen LogP contribution in [-0.2, 0) is 0 Å². The monoisotopic (exact) mass is 165 g/mol. The van der Waals surface area contributed by atoms with Crippen LogP contribution in [0, 0.1) is 0 Å². The van der Waals surface area contributed by atoms with Gasteiger partial charge in [-0.2, -0.15) is 0 Å². The zero-order chi connectivity index (χ0) is 8.43. The molecule has 1 aromatic heterocycles. The molecule has 1 heterocycles. The molecule has 1 rings (SSSR count). The number of alkyl halides is 3. The number of imidazole rings is 1. The summed E-state index contributed by atoms with van der Waals surface area (Å²) in [5.41, 5.74) is 5.07. The van der Waals surface area contributed by atoms with Crippen molar-refractivity contribution < 1.29 is 13.2 Å². The van der Waals surface area contributed by atoms with Crippen molar-refractivity contribution in [1.29, 1.82) is 0 Å². The van der Waals surface area contributed by atoms with Crippen LogP contribution in [0.1, 0.15) is 6.30 Å². The van der Waals surface area contributed by atoms with Gasteiger partial charge in [-0.1, -0.05) is 0 Å². The number of nitrogen functional groups attached to an aromatic ring is 1. The molecule has 0 aliphatic rings. The summed E-state index contributed by atoms with van der Waals surface area (Å²) in [4.78, 5) is 3.39. The fourth-order valence-corrected chi connectivity index (χ4v) is 0.618. The number of hydrogen-bond donors (Lipinski definition) is 1. The third kappa shape index (κ3) is 1.63. The molecule has 11 heavy (non-hydrogen) atoms. The van der Waals surface area contributed by atoms with Gasteiger partial charge in [-0.05, 0) is 0 Å². The lowest BCUT2D eigenvalue weighted by molar-refractivity contribution is 0.00798. The van der Waals surface area contributed by atoms with Gasteiger partial charge in [-0.15, -0.1) is 0 Å². The molecule has 0 aromatic carbocycles. The quantitative estimate of drug-likeness (QED) is 0.715. The van der Waals surface area contributed by atoms with E-state index < -0.39 is 12.7 Å². The summed E-state index contributed by atoms with van der Waals surface area (Å²) in [6.07, 6.45) is -3.48. The lowest BCUT2D eigenvalue weighted by Crippen LogP contribution is -2.10. The summed E-state index contributed by atoms with van der Waals surface area (Å²) >= 11 is 0. The smallest absolute Gasteiger partial charge is 0.288 e. The number of nitrogens with zero attached hydrogens (tertiary/aromatic N) is 2. The van der Waals surface area contributed by atoms with Gasteiger partial charge >= 0.3 is 0 Å². The first-order valence-electron chi connectivity index (χ1n) is 2.82. The minimum atomic E-state index is -3.05. The van der Waals surface area contributed by atoms with E-state index in [4.69, 9.17) is 5.73 Å². The minimum Gasteiger partial charge on any atom is -0.382 e. The summed E-state index contributed by atoms with van der Waals surface area (Å²) in [5, 5.41) is 0. The average Bonchev–Trinajstić information content (AvgIpc) is 2.34. The Bertz CT molecular complexity index is 235. The molecular weight excluding hydrogens is 159 g/mol. The van der Waals surface area contributed by atoms with Gasteiger partial charge in [0, 0.05) is 0 Å². The summed E-state index contributed by atoms with van der Waals surface area (Å²) < 4.78 is 36.3. The highest BCUT2D eigenvalue weighted by atomic mass is 19.3. The van der Waals surface area contributed by atoms with E-state index in [1.54, 1.807) is 0 Å². The molecular formula is C5H6F3N3. The van der Waals surface area contributed by atoms with Crippen molar-refractivity contribution >= 4 is 5.82 Å². The molecule has 0 aliphatic heterocycles. The van der Waals surface area contributed by atoms with Crippen molar-refractivity contribution in [3.8, 4) is 0 Å². The Morgan fingerprint density at radius 3 is 2.45 bits per heavy atom. The van der Waals surface area contributed by atoms with Gasteiger partial charge in [0.05, 0.1) is 12.5 Å². The highest BCUT2D eigenvalue weighted by molar-refractivity contribution is 5.22. The molecule has 0 saturated carbocycles. The number of hydrogen-bond acceptors (Lipinski definition) is 2. The van der Waals surface area contributed by atoms with E-state index in [0.717, 1.165) is 12.5 Å². The van der Waals surface area contributed by atoms with Gasteiger partial charge in [-0.3, -0.25) is 4.57 Å². The van der Waals surface area contributed by atoms with Crippen LogP contribution in [0.5, 0.6) is 0 Å². The van der Waals surface area contributed by atoms with E-state index >= 15 is 0 Å². The van der Waals surface area contributed by atoms with E-state index in [9.17, 15) is 13.2 Å². The van der Waals surface area contributed by atoms with Gasteiger partial charge in [0.25, 0.3) is 6.43 Å². The average molecular weight is 165 g/mol. The van der Waals surface area contributed by atoms with E-state index in [2.05, 4.69) is 4.98 Å². The number of nitrogens with two attached hydrogens (primary N) is 1. The molecule has 2 N–H and O–H groups in total. The molecule has 6 heteroatoms. The second-order valence-corrected chi connectivity index (χ2v) is 1.95. The Kier molecular flexibility index (Phi) is 2.02. The Hall–Kier alpha value is -1.20. The van der Waals surface area contributed by atoms with Crippen molar-refractivity contribution in [2.75, 3.05) is 5.73 Å². The Labute approximate surface area is 60.6 Å². The topological polar surface area (TPSA) is 43.8 Å². The largest absolute Gasteiger partial charge is 0.382 e. The summed E-state index contributed by atoms with van der Waals surface area (Å²) in [5.74, 6) is 0.0216. The Morgan fingerprint density at radius 1 is 1.45 bits per heavy atom. The van der Waals surface area contributed by atoms with Crippen LogP contribution in [0.25, 0.3) is 0 Å². The summed E-state index contributed by atoms with van der Waals surface area (Å²) in [6.45, 7) is 0. The van der Waals surface area contributed by atoms with Gasteiger partial charge < -0.3 is 5.73 Å². The van der Waals surface area contributed by atoms with E-state index in [1.807, 2.05) is 0 Å². The van der Waals surface area contributed by atoms with Gasteiger partial charge in [-0.25, -0.2) is 18.2 Å². The van der Waals surface area contributed by atoms with Crippen LogP contribution >= 0.6 is 0 Å². The van der Waals surface area contributed by atoms with E-state index in [-0.39, 0.29) is 5.82 Å². The van der Waals surface area contributed by atoms with Gasteiger partial charge in [0.1, 0.15) is 5.82 Å². The first-order chi connectivity index (χ1) is 5.11. The third-order valence-corrected chi connectivity index (χ3v) is 1.11. The number of rotatable bonds is 2. The SMILES string of the molecule is Nc1cn(C(F)C(F)F)cn1. The summed E-state index contributed by atoms with van der Waals surface area (Å²) in [7, 11) is 0. The van der Waals surface area contributed by atoms with Crippen LogP contribution < -0.4 is 5.73 Å². The first kappa shape index (κ1) is 7.90. The van der Waals surface area contributed by atoms with Crippen molar-refractivity contribution in [1.82, 2.24) is 9.55 Å². The molecule has 0 bridgehead atoms. The molecule has 1 atom stereocenters. The molecule has 3 nitrogen and oxygen atoms in total. The molecule has 0 radical (unpaired) electrons. The second kappa shape index (κ2) is 2.81. The molecule has 0 saturated heterocycles. The standard InChI is InChI=1S/C5H6F3N3/c6-4(7)5(8)11-1-3(9)10-2-11/h1-2,4-5H,9H2. The highest BCUT2D eigenvalue weighted by Crippen LogP contribution is 2.17. The molecule has 62 valence electrons. The van der Waals surface area contributed by atoms with Gasteiger partial charge in [0.15, 0.2) is 0 Å².